The molecule has 8 heteroatoms. The summed E-state index contributed by atoms with van der Waals surface area (Å²) in [5, 5.41) is 18.4. The van der Waals surface area contributed by atoms with Crippen LogP contribution in [0.5, 0.6) is 0 Å². The van der Waals surface area contributed by atoms with Crippen LogP contribution in [-0.2, 0) is 0 Å². The molecule has 1 aliphatic rings. The first-order valence-corrected chi connectivity index (χ1v) is 6.08. The Labute approximate surface area is 108 Å². The molecule has 1 fully saturated rings. The number of hydrogen-bond donors (Lipinski definition) is 1. The fourth-order valence-electron chi connectivity index (χ4n) is 2.62. The predicted molar refractivity (Wildman–Crippen MR) is 67.9 cm³/mol. The van der Waals surface area contributed by atoms with Crippen molar-refractivity contribution in [3.05, 3.63) is 22.2 Å². The van der Waals surface area contributed by atoms with Crippen LogP contribution in [0.15, 0.2) is 16.8 Å². The van der Waals surface area contributed by atoms with Crippen molar-refractivity contribution in [3.8, 4) is 0 Å². The number of fused-ring (bicyclic) bond motifs is 1. The summed E-state index contributed by atoms with van der Waals surface area (Å²) in [5.41, 5.74) is 7.07. The van der Waals surface area contributed by atoms with Crippen LogP contribution >= 0.6 is 0 Å². The number of rotatable bonds is 3. The molecule has 0 amide bonds. The zero-order chi connectivity index (χ0) is 13.4. The Kier molecular flexibility index (Phi) is 2.79. The quantitative estimate of drug-likeness (QED) is 0.650. The summed E-state index contributed by atoms with van der Waals surface area (Å²) in [7, 11) is 0. The summed E-state index contributed by atoms with van der Waals surface area (Å²) in [6, 6.07) is 3.37. The largest absolute Gasteiger partial charge is 0.365 e. The summed E-state index contributed by atoms with van der Waals surface area (Å²) in [4.78, 5) is 12.6. The third kappa shape index (κ3) is 1.80. The monoisotopic (exact) mass is 263 g/mol. The summed E-state index contributed by atoms with van der Waals surface area (Å²) < 4.78 is 4.66. The van der Waals surface area contributed by atoms with Crippen LogP contribution in [0.4, 0.5) is 11.4 Å². The van der Waals surface area contributed by atoms with Crippen molar-refractivity contribution in [1.82, 2.24) is 10.3 Å². The second-order valence-electron chi connectivity index (χ2n) is 4.55. The van der Waals surface area contributed by atoms with Crippen molar-refractivity contribution in [2.45, 2.75) is 18.9 Å². The first-order chi connectivity index (χ1) is 9.22. The smallest absolute Gasteiger partial charge is 0.300 e. The lowest BCUT2D eigenvalue weighted by molar-refractivity contribution is -0.383. The molecule has 2 aromatic rings. The van der Waals surface area contributed by atoms with Crippen LogP contribution in [-0.4, -0.2) is 34.4 Å². The van der Waals surface area contributed by atoms with Crippen LogP contribution in [0.3, 0.4) is 0 Å². The van der Waals surface area contributed by atoms with Crippen LogP contribution in [0.1, 0.15) is 12.8 Å². The van der Waals surface area contributed by atoms with Gasteiger partial charge in [0.25, 0.3) is 0 Å². The van der Waals surface area contributed by atoms with Crippen LogP contribution in [0, 0.1) is 10.1 Å². The maximum absolute atomic E-state index is 10.9. The molecule has 1 unspecified atom stereocenters. The van der Waals surface area contributed by atoms with Gasteiger partial charge in [0.15, 0.2) is 5.52 Å². The highest BCUT2D eigenvalue weighted by Crippen LogP contribution is 2.34. The average molecular weight is 263 g/mol. The maximum Gasteiger partial charge on any atom is 0.300 e. The molecule has 100 valence electrons. The van der Waals surface area contributed by atoms with Gasteiger partial charge in [0, 0.05) is 25.2 Å². The Morgan fingerprint density at radius 2 is 2.26 bits per heavy atom. The number of anilines is 1. The zero-order valence-electron chi connectivity index (χ0n) is 10.2. The van der Waals surface area contributed by atoms with Crippen LogP contribution in [0.25, 0.3) is 11.0 Å². The highest BCUT2D eigenvalue weighted by Gasteiger charge is 2.28. The number of nitrogens with two attached hydrogens (primary N) is 1. The van der Waals surface area contributed by atoms with E-state index in [0.29, 0.717) is 12.1 Å². The summed E-state index contributed by atoms with van der Waals surface area (Å²) in [5.74, 6) is 0. The van der Waals surface area contributed by atoms with Crippen molar-refractivity contribution in [1.29, 1.82) is 0 Å². The van der Waals surface area contributed by atoms with Gasteiger partial charge in [-0.05, 0) is 29.2 Å². The molecule has 2 N–H and O–H groups in total. The van der Waals surface area contributed by atoms with Crippen molar-refractivity contribution < 1.29 is 9.55 Å². The standard InChI is InChI=1S/C11H13N5O3/c12-6-7-2-1-5-15(7)8-3-4-9(16(17)18)11-10(8)13-19-14-11/h3-4,7H,1-2,5-6,12H2. The fourth-order valence-corrected chi connectivity index (χ4v) is 2.62. The number of aromatic nitrogens is 2. The normalized spacial score (nSPS) is 19.2. The molecule has 0 aliphatic carbocycles. The van der Waals surface area contributed by atoms with Crippen molar-refractivity contribution in [3.63, 3.8) is 0 Å². The number of non-ortho nitro benzene ring substituents is 1. The lowest BCUT2D eigenvalue weighted by Crippen LogP contribution is -2.35. The molecule has 8 nitrogen and oxygen atoms in total. The molecule has 1 aliphatic heterocycles. The van der Waals surface area contributed by atoms with E-state index < -0.39 is 4.92 Å². The molecule has 1 aromatic carbocycles. The predicted octanol–water partition coefficient (Wildman–Crippen LogP) is 1.06. The molecule has 19 heavy (non-hydrogen) atoms. The molecule has 1 aromatic heterocycles. The van der Waals surface area contributed by atoms with Gasteiger partial charge in [-0.2, -0.15) is 0 Å². The first kappa shape index (κ1) is 11.8. The Morgan fingerprint density at radius 3 is 3.00 bits per heavy atom. The van der Waals surface area contributed by atoms with E-state index in [4.69, 9.17) is 5.73 Å². The van der Waals surface area contributed by atoms with Gasteiger partial charge in [-0.15, -0.1) is 0 Å². The second-order valence-corrected chi connectivity index (χ2v) is 4.55. The third-order valence-corrected chi connectivity index (χ3v) is 3.53. The van der Waals surface area contributed by atoms with Crippen LogP contribution < -0.4 is 10.6 Å². The van der Waals surface area contributed by atoms with Crippen molar-refractivity contribution in [2.24, 2.45) is 5.73 Å². The van der Waals surface area contributed by atoms with E-state index in [2.05, 4.69) is 19.8 Å². The van der Waals surface area contributed by atoms with Gasteiger partial charge >= 0.3 is 5.69 Å². The Hall–Kier alpha value is -2.22. The lowest BCUT2D eigenvalue weighted by atomic mass is 10.2. The minimum Gasteiger partial charge on any atom is -0.365 e. The Balaban J connectivity index is 2.13. The third-order valence-electron chi connectivity index (χ3n) is 3.53. The zero-order valence-corrected chi connectivity index (χ0v) is 10.2. The number of nitro groups is 1. The Bertz CT molecular complexity index is 626. The number of hydrogen-bond acceptors (Lipinski definition) is 7. The van der Waals surface area contributed by atoms with Gasteiger partial charge in [-0.25, -0.2) is 4.63 Å². The van der Waals surface area contributed by atoms with Gasteiger partial charge in [-0.1, -0.05) is 0 Å². The summed E-state index contributed by atoms with van der Waals surface area (Å²) in [6.07, 6.45) is 2.06. The van der Waals surface area contributed by atoms with E-state index in [1.54, 1.807) is 6.07 Å². The van der Waals surface area contributed by atoms with Crippen molar-refractivity contribution in [2.75, 3.05) is 18.0 Å². The molecule has 2 heterocycles. The SMILES string of the molecule is NCC1CCCN1c1ccc([N+](=O)[O-])c2nonc12. The lowest BCUT2D eigenvalue weighted by Gasteiger charge is -2.25. The van der Waals surface area contributed by atoms with E-state index in [0.717, 1.165) is 25.1 Å². The van der Waals surface area contributed by atoms with E-state index in [9.17, 15) is 10.1 Å². The fraction of sp³-hybridized carbons (Fsp3) is 0.455. The van der Waals surface area contributed by atoms with Gasteiger partial charge in [0.05, 0.1) is 10.6 Å². The van der Waals surface area contributed by atoms with Gasteiger partial charge in [0.2, 0.25) is 5.52 Å². The van der Waals surface area contributed by atoms with Crippen LogP contribution in [0.2, 0.25) is 0 Å². The highest BCUT2D eigenvalue weighted by molar-refractivity contribution is 5.94. The number of nitro benzene ring substituents is 1. The maximum atomic E-state index is 10.9. The minimum atomic E-state index is -0.485. The molecule has 0 radical (unpaired) electrons. The summed E-state index contributed by atoms with van der Waals surface area (Å²) in [6.45, 7) is 1.41. The molecule has 0 bridgehead atoms. The molecule has 3 rings (SSSR count). The van der Waals surface area contributed by atoms with E-state index in [1.165, 1.54) is 6.07 Å². The van der Waals surface area contributed by atoms with Gasteiger partial charge < -0.3 is 10.6 Å². The molecule has 1 saturated heterocycles. The highest BCUT2D eigenvalue weighted by atomic mass is 16.6. The molecular weight excluding hydrogens is 250 g/mol. The topological polar surface area (TPSA) is 111 Å². The number of benzene rings is 1. The average Bonchev–Trinajstić information content (AvgIpc) is 3.05. The van der Waals surface area contributed by atoms with E-state index in [1.807, 2.05) is 0 Å². The number of nitrogens with zero attached hydrogens (tertiary/aromatic N) is 4. The Morgan fingerprint density at radius 1 is 1.47 bits per heavy atom. The summed E-state index contributed by atoms with van der Waals surface area (Å²) >= 11 is 0. The van der Waals surface area contributed by atoms with Gasteiger partial charge in [-0.3, -0.25) is 10.1 Å². The van der Waals surface area contributed by atoms with E-state index >= 15 is 0 Å². The van der Waals surface area contributed by atoms with E-state index in [-0.39, 0.29) is 17.2 Å². The molecule has 0 spiro atoms. The first-order valence-electron chi connectivity index (χ1n) is 6.08. The minimum absolute atomic E-state index is 0.0940. The van der Waals surface area contributed by atoms with Gasteiger partial charge in [0.1, 0.15) is 0 Å². The second kappa shape index (κ2) is 4.47. The molecule has 0 saturated carbocycles. The molecular formula is C11H13N5O3. The molecule has 1 atom stereocenters. The van der Waals surface area contributed by atoms with Crippen molar-refractivity contribution >= 4 is 22.4 Å².